The number of imide groups is 1. The predicted octanol–water partition coefficient (Wildman–Crippen LogP) is 4.79. The van der Waals surface area contributed by atoms with Crippen molar-refractivity contribution in [2.75, 3.05) is 56.1 Å². The zero-order valence-corrected chi connectivity index (χ0v) is 38.3. The van der Waals surface area contributed by atoms with E-state index in [1.54, 1.807) is 27.1 Å². The SMILES string of the molecule is Cn1c(=O)n(C2CCC(=O)NC2=O)c2cccc(CCCN3CCC4(CC3)CCN(C(=O)[C@H]3CC[C@H](n5cc(NC(=O)c6cnn7ccc(N8C[C@H]9C[C@@H]8CO9)nc67)c(C(F)F)n5)CC3)CC4)c21. The first-order valence-corrected chi connectivity index (χ1v) is 24.4. The highest BCUT2D eigenvalue weighted by Crippen LogP contribution is 2.43. The molecule has 5 saturated heterocycles. The number of aryl methyl sites for hydroxylation is 2. The first-order valence-electron chi connectivity index (χ1n) is 24.4. The van der Waals surface area contributed by atoms with Gasteiger partial charge in [0.2, 0.25) is 17.7 Å². The molecule has 5 aliphatic heterocycles. The molecule has 2 bridgehead atoms. The van der Waals surface area contributed by atoms with Crippen LogP contribution in [-0.2, 0) is 32.6 Å². The molecule has 1 unspecified atom stereocenters. The van der Waals surface area contributed by atoms with Crippen molar-refractivity contribution in [3.8, 4) is 0 Å². The van der Waals surface area contributed by atoms with E-state index in [-0.39, 0.29) is 64.7 Å². The fourth-order valence-corrected chi connectivity index (χ4v) is 12.1. The number of halogens is 2. The zero-order chi connectivity index (χ0) is 46.8. The summed E-state index contributed by atoms with van der Waals surface area (Å²) in [4.78, 5) is 76.8. The number of likely N-dealkylation sites (tertiary alicyclic amines) is 2. The van der Waals surface area contributed by atoms with Crippen LogP contribution < -0.4 is 21.2 Å². The van der Waals surface area contributed by atoms with E-state index < -0.39 is 30.0 Å². The summed E-state index contributed by atoms with van der Waals surface area (Å²) in [6, 6.07) is 7.07. The van der Waals surface area contributed by atoms with Crippen LogP contribution in [0.25, 0.3) is 16.7 Å². The molecule has 1 spiro atoms. The first-order chi connectivity index (χ1) is 32.9. The van der Waals surface area contributed by atoms with Crippen LogP contribution in [0.4, 0.5) is 20.3 Å². The quantitative estimate of drug-likeness (QED) is 0.174. The summed E-state index contributed by atoms with van der Waals surface area (Å²) in [6.07, 6.45) is 11.8. The number of anilines is 2. The van der Waals surface area contributed by atoms with Gasteiger partial charge in [-0.3, -0.25) is 38.3 Å². The van der Waals surface area contributed by atoms with Crippen LogP contribution in [0, 0.1) is 11.3 Å². The number of aromatic nitrogens is 7. The Morgan fingerprint density at radius 2 is 1.76 bits per heavy atom. The minimum Gasteiger partial charge on any atom is -0.374 e. The molecule has 1 aliphatic carbocycles. The minimum atomic E-state index is -2.90. The van der Waals surface area contributed by atoms with Gasteiger partial charge in [-0.2, -0.15) is 10.2 Å². The van der Waals surface area contributed by atoms with Crippen molar-refractivity contribution in [1.82, 2.24) is 48.6 Å². The van der Waals surface area contributed by atoms with E-state index in [4.69, 9.17) is 9.72 Å². The number of nitrogens with one attached hydrogen (secondary N) is 2. The lowest BCUT2D eigenvalue weighted by Crippen LogP contribution is -2.49. The normalized spacial score (nSPS) is 25.3. The lowest BCUT2D eigenvalue weighted by Gasteiger charge is -2.47. The number of piperidine rings is 3. The number of nitrogens with zero attached hydrogens (tertiary/aromatic N) is 10. The molecule has 6 aliphatic rings. The number of alkyl halides is 2. The summed E-state index contributed by atoms with van der Waals surface area (Å²) in [5.41, 5.74) is 2.56. The number of carbonyl (C=O) groups is 4. The number of hydrogen-bond donors (Lipinski definition) is 2. The number of hydrogen-bond acceptors (Lipinski definition) is 11. The Kier molecular flexibility index (Phi) is 11.7. The number of ether oxygens (including phenoxy) is 1. The second-order valence-electron chi connectivity index (χ2n) is 20.0. The number of amides is 4. The fourth-order valence-electron chi connectivity index (χ4n) is 12.1. The van der Waals surface area contributed by atoms with E-state index in [2.05, 4.69) is 36.7 Å². The van der Waals surface area contributed by atoms with Crippen LogP contribution in [0.15, 0.2) is 47.7 Å². The first kappa shape index (κ1) is 44.5. The maximum absolute atomic E-state index is 14.4. The van der Waals surface area contributed by atoms with E-state index in [0.29, 0.717) is 49.9 Å². The molecule has 6 fully saturated rings. The third-order valence-corrected chi connectivity index (χ3v) is 16.1. The van der Waals surface area contributed by atoms with Crippen molar-refractivity contribution in [1.29, 1.82) is 0 Å². The summed E-state index contributed by atoms with van der Waals surface area (Å²) in [7, 11) is 1.74. The highest BCUT2D eigenvalue weighted by Gasteiger charge is 2.42. The highest BCUT2D eigenvalue weighted by atomic mass is 19.3. The molecule has 18 nitrogen and oxygen atoms in total. The van der Waals surface area contributed by atoms with Crippen LogP contribution in [0.2, 0.25) is 0 Å². The van der Waals surface area contributed by atoms with Gasteiger partial charge in [0.1, 0.15) is 17.4 Å². The number of para-hydroxylation sites is 1. The molecular weight excluding hydrogens is 879 g/mol. The van der Waals surface area contributed by atoms with Crippen LogP contribution in [0.1, 0.15) is 117 Å². The van der Waals surface area contributed by atoms with Gasteiger partial charge in [-0.15, -0.1) is 0 Å². The molecule has 9 heterocycles. The van der Waals surface area contributed by atoms with Crippen molar-refractivity contribution in [3.05, 3.63) is 70.2 Å². The third-order valence-electron chi connectivity index (χ3n) is 16.1. The molecule has 1 aromatic carbocycles. The molecular formula is C48H58F2N12O6. The Hall–Kier alpha value is -6.02. The summed E-state index contributed by atoms with van der Waals surface area (Å²) in [6.45, 7) is 5.81. The average Bonchev–Trinajstić information content (AvgIpc) is 4.20. The predicted molar refractivity (Wildman–Crippen MR) is 245 cm³/mol. The molecule has 5 aromatic rings. The largest absolute Gasteiger partial charge is 0.374 e. The molecule has 20 heteroatoms. The van der Waals surface area contributed by atoms with Crippen LogP contribution in [-0.4, -0.2) is 125 Å². The minimum absolute atomic E-state index is 0.0517. The molecule has 0 radical (unpaired) electrons. The molecule has 3 atom stereocenters. The fraction of sp³-hybridized carbons (Fsp3) is 0.583. The lowest BCUT2D eigenvalue weighted by atomic mass is 9.71. The Bertz CT molecular complexity index is 2830. The van der Waals surface area contributed by atoms with E-state index in [0.717, 1.165) is 101 Å². The molecule has 4 amide bonds. The number of carbonyl (C=O) groups excluding carboxylic acids is 4. The second-order valence-corrected chi connectivity index (χ2v) is 20.0. The van der Waals surface area contributed by atoms with Crippen LogP contribution in [0.5, 0.6) is 0 Å². The summed E-state index contributed by atoms with van der Waals surface area (Å²) >= 11 is 0. The van der Waals surface area contributed by atoms with Crippen molar-refractivity contribution in [2.45, 2.75) is 114 Å². The van der Waals surface area contributed by atoms with Gasteiger partial charge in [0.05, 0.1) is 47.7 Å². The smallest absolute Gasteiger partial charge is 0.329 e. The van der Waals surface area contributed by atoms with Gasteiger partial charge in [0.25, 0.3) is 12.3 Å². The maximum atomic E-state index is 14.4. The monoisotopic (exact) mass is 936 g/mol. The molecule has 2 N–H and O–H groups in total. The van der Waals surface area contributed by atoms with E-state index in [9.17, 15) is 32.8 Å². The van der Waals surface area contributed by atoms with E-state index in [1.807, 2.05) is 23.1 Å². The molecule has 4 aromatic heterocycles. The van der Waals surface area contributed by atoms with Gasteiger partial charge in [-0.1, -0.05) is 12.1 Å². The van der Waals surface area contributed by atoms with Crippen molar-refractivity contribution in [3.63, 3.8) is 0 Å². The number of morpholine rings is 1. The Morgan fingerprint density at radius 3 is 2.49 bits per heavy atom. The number of imidazole rings is 1. The van der Waals surface area contributed by atoms with Crippen LogP contribution in [0.3, 0.4) is 0 Å². The molecule has 1 saturated carbocycles. The molecule has 11 rings (SSSR count). The van der Waals surface area contributed by atoms with Gasteiger partial charge in [-0.05, 0) is 120 Å². The van der Waals surface area contributed by atoms with E-state index in [1.165, 1.54) is 16.9 Å². The lowest BCUT2D eigenvalue weighted by molar-refractivity contribution is -0.140. The van der Waals surface area contributed by atoms with Gasteiger partial charge in [-0.25, -0.2) is 23.1 Å². The van der Waals surface area contributed by atoms with E-state index >= 15 is 0 Å². The van der Waals surface area contributed by atoms with Gasteiger partial charge in [0.15, 0.2) is 11.3 Å². The zero-order valence-electron chi connectivity index (χ0n) is 38.3. The van der Waals surface area contributed by atoms with Gasteiger partial charge < -0.3 is 24.8 Å². The summed E-state index contributed by atoms with van der Waals surface area (Å²) < 4.78 is 40.7. The Balaban J connectivity index is 0.646. The van der Waals surface area contributed by atoms with Crippen LogP contribution >= 0.6 is 0 Å². The van der Waals surface area contributed by atoms with Crippen molar-refractivity contribution in [2.24, 2.45) is 18.4 Å². The van der Waals surface area contributed by atoms with Crippen molar-refractivity contribution >= 4 is 51.8 Å². The van der Waals surface area contributed by atoms with Crippen molar-refractivity contribution < 1.29 is 32.7 Å². The summed E-state index contributed by atoms with van der Waals surface area (Å²) in [5, 5.41) is 13.6. The van der Waals surface area contributed by atoms with Gasteiger partial charge in [0, 0.05) is 51.4 Å². The standard InChI is InChI=1S/C48H58F2N12O6/c1-56-41-29(4-2-6-36(41)62(47(56)67)37-11-12-39(63)54-45(37)65)5-3-18-57-20-14-48(15-21-57)16-22-58(23-17-48)46(66)30-7-9-31(10-8-30)61-27-35(40(55-61)42(49)50)52-44(64)34-25-51-60-19-13-38(53-43(34)60)59-26-33-24-32(59)28-68-33/h2,4,6,13,19,25,27,30-33,37,42H,3,5,7-12,14-18,20-24,26,28H2,1H3,(H,52,64)(H,54,63,65)/t30-,31-,32-,33-,37?/m1/s1. The second kappa shape index (κ2) is 17.8. The number of fused-ring (bicyclic) bond motifs is 4. The number of rotatable bonds is 11. The third kappa shape index (κ3) is 8.15. The Morgan fingerprint density at radius 1 is 0.985 bits per heavy atom. The maximum Gasteiger partial charge on any atom is 0.329 e. The van der Waals surface area contributed by atoms with Gasteiger partial charge >= 0.3 is 5.69 Å². The highest BCUT2D eigenvalue weighted by molar-refractivity contribution is 6.08. The molecule has 68 heavy (non-hydrogen) atoms. The topological polar surface area (TPSA) is 186 Å². The Labute approximate surface area is 390 Å². The summed E-state index contributed by atoms with van der Waals surface area (Å²) in [5.74, 6) is -0.553. The molecule has 360 valence electrons. The number of benzene rings is 1. The average molecular weight is 937 g/mol.